The Hall–Kier alpha value is -1.18. The van der Waals surface area contributed by atoms with Crippen LogP contribution in [0, 0.1) is 0 Å². The second-order valence-corrected chi connectivity index (χ2v) is 14.5. The highest BCUT2D eigenvalue weighted by molar-refractivity contribution is 5.77. The van der Waals surface area contributed by atoms with Crippen LogP contribution in [0.15, 0.2) is 0 Å². The highest BCUT2D eigenvalue weighted by Crippen LogP contribution is 2.16. The predicted molar refractivity (Wildman–Crippen MR) is 203 cm³/mol. The lowest BCUT2D eigenvalue weighted by Crippen LogP contribution is -2.46. The lowest BCUT2D eigenvalue weighted by atomic mass is 10.0. The molecule has 0 spiro atoms. The van der Waals surface area contributed by atoms with E-state index < -0.39 is 6.10 Å². The summed E-state index contributed by atoms with van der Waals surface area (Å²) in [6, 6.07) is 0. The lowest BCUT2D eigenvalue weighted by molar-refractivity contribution is -0.135. The number of aliphatic hydroxyl groups is 3. The maximum atomic E-state index is 12.9. The Bertz CT molecular complexity index is 636. The highest BCUT2D eigenvalue weighted by Gasteiger charge is 2.21. The molecule has 3 N–H and O–H groups in total. The molecule has 0 fully saturated rings. The number of carbonyl (C=O) groups excluding carboxylic acids is 2. The van der Waals surface area contributed by atoms with Crippen LogP contribution in [0.25, 0.3) is 0 Å². The zero-order chi connectivity index (χ0) is 35.3. The third kappa shape index (κ3) is 30.8. The van der Waals surface area contributed by atoms with Gasteiger partial charge in [0.15, 0.2) is 0 Å². The van der Waals surface area contributed by atoms with E-state index in [0.29, 0.717) is 12.8 Å². The topological polar surface area (TPSA) is 101 Å². The first kappa shape index (κ1) is 46.8. The summed E-state index contributed by atoms with van der Waals surface area (Å²) in [4.78, 5) is 28.8. The summed E-state index contributed by atoms with van der Waals surface area (Å²) >= 11 is 0. The molecule has 0 aromatic heterocycles. The van der Waals surface area contributed by atoms with Crippen molar-refractivity contribution in [2.24, 2.45) is 0 Å². The first-order valence-corrected chi connectivity index (χ1v) is 20.9. The number of aliphatic hydroxyl groups excluding tert-OH is 3. The summed E-state index contributed by atoms with van der Waals surface area (Å²) in [7, 11) is 0. The number of unbranched alkanes of at least 4 members (excludes halogenated alkanes) is 26. The van der Waals surface area contributed by atoms with Gasteiger partial charge in [-0.2, -0.15) is 0 Å². The van der Waals surface area contributed by atoms with Crippen molar-refractivity contribution in [2.45, 2.75) is 213 Å². The highest BCUT2D eigenvalue weighted by atomic mass is 16.3. The van der Waals surface area contributed by atoms with E-state index in [0.717, 1.165) is 38.5 Å². The van der Waals surface area contributed by atoms with Crippen molar-refractivity contribution in [3.05, 3.63) is 0 Å². The predicted octanol–water partition coefficient (Wildman–Crippen LogP) is 9.73. The van der Waals surface area contributed by atoms with Gasteiger partial charge in [0.05, 0.1) is 19.3 Å². The molecule has 0 aromatic rings. The minimum absolute atomic E-state index is 0.0514. The van der Waals surface area contributed by atoms with Gasteiger partial charge >= 0.3 is 0 Å². The zero-order valence-electron chi connectivity index (χ0n) is 32.1. The molecule has 0 bridgehead atoms. The number of amides is 2. The van der Waals surface area contributed by atoms with Crippen molar-refractivity contribution in [3.63, 3.8) is 0 Å². The number of nitrogens with zero attached hydrogens (tertiary/aromatic N) is 2. The average Bonchev–Trinajstić information content (AvgIpc) is 3.08. The maximum Gasteiger partial charge on any atom is 0.222 e. The number of rotatable bonds is 38. The standard InChI is InChI=1S/C41H82N2O5/c1-3-5-7-9-11-13-15-17-19-21-23-25-27-29-31-40(47)42(33-35-44)37-39(46)38-43(34-36-45)41(48)32-30-28-26-24-22-20-18-16-14-12-10-8-6-4-2/h39,44-46H,3-38H2,1-2H3. The van der Waals surface area contributed by atoms with Gasteiger partial charge in [-0.3, -0.25) is 9.59 Å². The zero-order valence-corrected chi connectivity index (χ0v) is 32.1. The van der Waals surface area contributed by atoms with Crippen molar-refractivity contribution in [3.8, 4) is 0 Å². The average molecular weight is 683 g/mol. The van der Waals surface area contributed by atoms with Crippen LogP contribution in [0.3, 0.4) is 0 Å². The van der Waals surface area contributed by atoms with Crippen molar-refractivity contribution in [1.82, 2.24) is 9.80 Å². The quantitative estimate of drug-likeness (QED) is 0.0563. The van der Waals surface area contributed by atoms with Crippen LogP contribution in [-0.4, -0.2) is 82.4 Å². The largest absolute Gasteiger partial charge is 0.395 e. The van der Waals surface area contributed by atoms with Gasteiger partial charge in [0.25, 0.3) is 0 Å². The smallest absolute Gasteiger partial charge is 0.222 e. The van der Waals surface area contributed by atoms with E-state index in [1.165, 1.54) is 151 Å². The van der Waals surface area contributed by atoms with E-state index >= 15 is 0 Å². The minimum Gasteiger partial charge on any atom is -0.395 e. The van der Waals surface area contributed by atoms with Crippen LogP contribution >= 0.6 is 0 Å². The van der Waals surface area contributed by atoms with Crippen LogP contribution < -0.4 is 0 Å². The summed E-state index contributed by atoms with van der Waals surface area (Å²) in [6.45, 7) is 4.75. The Labute approximate surface area is 298 Å². The van der Waals surface area contributed by atoms with E-state index in [1.807, 2.05) is 0 Å². The molecule has 0 heterocycles. The first-order chi connectivity index (χ1) is 23.5. The molecule has 0 saturated heterocycles. The second kappa shape index (κ2) is 37.1. The lowest BCUT2D eigenvalue weighted by Gasteiger charge is -2.29. The Balaban J connectivity index is 4.08. The summed E-state index contributed by atoms with van der Waals surface area (Å²) < 4.78 is 0. The molecule has 7 heteroatoms. The number of carbonyl (C=O) groups is 2. The minimum atomic E-state index is -0.913. The fourth-order valence-corrected chi connectivity index (χ4v) is 6.70. The second-order valence-electron chi connectivity index (χ2n) is 14.5. The molecule has 0 saturated carbocycles. The van der Waals surface area contributed by atoms with Crippen LogP contribution in [0.2, 0.25) is 0 Å². The summed E-state index contributed by atoms with van der Waals surface area (Å²) in [6.07, 6.45) is 35.4. The van der Waals surface area contributed by atoms with Gasteiger partial charge in [0, 0.05) is 39.0 Å². The van der Waals surface area contributed by atoms with E-state index in [2.05, 4.69) is 13.8 Å². The molecule has 7 nitrogen and oxygen atoms in total. The SMILES string of the molecule is CCCCCCCCCCCCCCCCC(=O)N(CCO)CC(O)CN(CCO)C(=O)CCCCCCCCCCCCCCCC. The molecule has 0 unspecified atom stereocenters. The van der Waals surface area contributed by atoms with Crippen molar-refractivity contribution < 1.29 is 24.9 Å². The van der Waals surface area contributed by atoms with Crippen LogP contribution in [0.4, 0.5) is 0 Å². The molecule has 0 aliphatic carbocycles. The van der Waals surface area contributed by atoms with E-state index in [9.17, 15) is 24.9 Å². The number of hydrogen-bond acceptors (Lipinski definition) is 5. The van der Waals surface area contributed by atoms with Crippen molar-refractivity contribution >= 4 is 11.8 Å². The Kier molecular flexibility index (Phi) is 36.2. The van der Waals surface area contributed by atoms with Gasteiger partial charge in [0.1, 0.15) is 0 Å². The van der Waals surface area contributed by atoms with E-state index in [-0.39, 0.29) is 51.2 Å². The molecule has 48 heavy (non-hydrogen) atoms. The molecule has 0 radical (unpaired) electrons. The molecule has 0 rings (SSSR count). The van der Waals surface area contributed by atoms with Crippen LogP contribution in [-0.2, 0) is 9.59 Å². The van der Waals surface area contributed by atoms with Gasteiger partial charge in [-0.05, 0) is 12.8 Å². The molecular formula is C41H82N2O5. The normalized spacial score (nSPS) is 11.5. The Morgan fingerprint density at radius 1 is 0.417 bits per heavy atom. The summed E-state index contributed by atoms with van der Waals surface area (Å²) in [5, 5.41) is 29.8. The molecule has 286 valence electrons. The van der Waals surface area contributed by atoms with E-state index in [1.54, 1.807) is 0 Å². The van der Waals surface area contributed by atoms with Gasteiger partial charge in [-0.15, -0.1) is 0 Å². The van der Waals surface area contributed by atoms with Gasteiger partial charge in [-0.25, -0.2) is 0 Å². The third-order valence-corrected chi connectivity index (χ3v) is 9.80. The Morgan fingerprint density at radius 3 is 0.875 bits per heavy atom. The van der Waals surface area contributed by atoms with Crippen LogP contribution in [0.5, 0.6) is 0 Å². The first-order valence-electron chi connectivity index (χ1n) is 20.9. The van der Waals surface area contributed by atoms with Crippen molar-refractivity contribution in [2.75, 3.05) is 39.4 Å². The fraction of sp³-hybridized carbons (Fsp3) is 0.951. The summed E-state index contributed by atoms with van der Waals surface area (Å²) in [5.74, 6) is -0.103. The molecule has 0 aromatic carbocycles. The fourth-order valence-electron chi connectivity index (χ4n) is 6.70. The molecule has 0 atom stereocenters. The monoisotopic (exact) mass is 683 g/mol. The van der Waals surface area contributed by atoms with Crippen molar-refractivity contribution in [1.29, 1.82) is 0 Å². The van der Waals surface area contributed by atoms with Gasteiger partial charge in [-0.1, -0.05) is 181 Å². The molecular weight excluding hydrogens is 600 g/mol. The van der Waals surface area contributed by atoms with Gasteiger partial charge in [0.2, 0.25) is 11.8 Å². The third-order valence-electron chi connectivity index (χ3n) is 9.80. The molecule has 2 amide bonds. The van der Waals surface area contributed by atoms with E-state index in [4.69, 9.17) is 0 Å². The number of hydrogen-bond donors (Lipinski definition) is 3. The molecule has 0 aliphatic rings. The summed E-state index contributed by atoms with van der Waals surface area (Å²) in [5.41, 5.74) is 0. The van der Waals surface area contributed by atoms with Gasteiger partial charge < -0.3 is 25.1 Å². The van der Waals surface area contributed by atoms with Crippen LogP contribution in [0.1, 0.15) is 206 Å². The maximum absolute atomic E-state index is 12.9. The Morgan fingerprint density at radius 2 is 0.646 bits per heavy atom. The molecule has 0 aliphatic heterocycles.